The largest absolute Gasteiger partial charge is 0.339 e. The molecule has 0 aliphatic carbocycles. The average Bonchev–Trinajstić information content (AvgIpc) is 2.69. The maximum absolute atomic E-state index is 13.2. The van der Waals surface area contributed by atoms with Gasteiger partial charge in [-0.15, -0.1) is 0 Å². The summed E-state index contributed by atoms with van der Waals surface area (Å²) in [6.07, 6.45) is 4.32. The Bertz CT molecular complexity index is 847. The molecule has 140 valence electrons. The topological polar surface area (TPSA) is 49.4 Å². The smallest absolute Gasteiger partial charge is 0.246 e. The van der Waals surface area contributed by atoms with Crippen molar-refractivity contribution in [3.63, 3.8) is 0 Å². The minimum Gasteiger partial charge on any atom is -0.339 e. The van der Waals surface area contributed by atoms with Gasteiger partial charge in [0, 0.05) is 30.8 Å². The van der Waals surface area contributed by atoms with E-state index in [1.165, 1.54) is 18.2 Å². The number of hydrogen-bond donors (Lipinski definition) is 1. The predicted molar refractivity (Wildman–Crippen MR) is 105 cm³/mol. The molecule has 1 saturated heterocycles. The molecule has 6 heteroatoms. The highest BCUT2D eigenvalue weighted by atomic mass is 35.5. The highest BCUT2D eigenvalue weighted by molar-refractivity contribution is 6.30. The van der Waals surface area contributed by atoms with Crippen molar-refractivity contribution in [1.82, 2.24) is 4.90 Å². The van der Waals surface area contributed by atoms with E-state index in [1.54, 1.807) is 17.0 Å². The number of para-hydroxylation sites is 1. The molecule has 0 aromatic heterocycles. The van der Waals surface area contributed by atoms with E-state index in [4.69, 9.17) is 11.6 Å². The first kappa shape index (κ1) is 19.1. The molecule has 2 aromatic rings. The van der Waals surface area contributed by atoms with Crippen molar-refractivity contribution in [2.45, 2.75) is 12.8 Å². The second-order valence-corrected chi connectivity index (χ2v) is 6.87. The molecule has 1 N–H and O–H groups in total. The fraction of sp³-hybridized carbons (Fsp3) is 0.238. The van der Waals surface area contributed by atoms with Crippen molar-refractivity contribution >= 4 is 35.2 Å². The average molecular weight is 387 g/mol. The molecule has 1 aliphatic rings. The van der Waals surface area contributed by atoms with E-state index in [1.807, 2.05) is 30.3 Å². The van der Waals surface area contributed by atoms with E-state index in [2.05, 4.69) is 5.32 Å². The first-order valence-electron chi connectivity index (χ1n) is 8.81. The second-order valence-electron chi connectivity index (χ2n) is 6.46. The normalized spacial score (nSPS) is 15.1. The van der Waals surface area contributed by atoms with Crippen molar-refractivity contribution in [1.29, 1.82) is 0 Å². The van der Waals surface area contributed by atoms with E-state index in [0.717, 1.165) is 5.69 Å². The van der Waals surface area contributed by atoms with Gasteiger partial charge in [-0.2, -0.15) is 0 Å². The zero-order chi connectivity index (χ0) is 19.2. The van der Waals surface area contributed by atoms with E-state index < -0.39 is 5.82 Å². The second kappa shape index (κ2) is 8.82. The third-order valence-corrected chi connectivity index (χ3v) is 4.87. The highest BCUT2D eigenvalue weighted by Crippen LogP contribution is 2.21. The van der Waals surface area contributed by atoms with E-state index >= 15 is 0 Å². The lowest BCUT2D eigenvalue weighted by molar-refractivity contribution is -0.130. The van der Waals surface area contributed by atoms with E-state index in [-0.39, 0.29) is 22.8 Å². The van der Waals surface area contributed by atoms with Gasteiger partial charge in [-0.05, 0) is 48.7 Å². The molecule has 0 bridgehead atoms. The molecule has 1 heterocycles. The Kier molecular flexibility index (Phi) is 6.24. The van der Waals surface area contributed by atoms with Crippen molar-refractivity contribution in [2.75, 3.05) is 18.4 Å². The maximum atomic E-state index is 13.2. The number of amides is 2. The van der Waals surface area contributed by atoms with Crippen LogP contribution in [0.15, 0.2) is 54.6 Å². The minimum atomic E-state index is -0.490. The van der Waals surface area contributed by atoms with E-state index in [0.29, 0.717) is 31.5 Å². The lowest BCUT2D eigenvalue weighted by atomic mass is 9.95. The third-order valence-electron chi connectivity index (χ3n) is 4.58. The summed E-state index contributed by atoms with van der Waals surface area (Å²) in [5, 5.41) is 2.94. The van der Waals surface area contributed by atoms with Gasteiger partial charge in [0.1, 0.15) is 5.82 Å². The van der Waals surface area contributed by atoms with Crippen LogP contribution in [-0.2, 0) is 9.59 Å². The number of nitrogens with zero attached hydrogens (tertiary/aromatic N) is 1. The molecular weight excluding hydrogens is 367 g/mol. The zero-order valence-corrected chi connectivity index (χ0v) is 15.5. The van der Waals surface area contributed by atoms with Crippen molar-refractivity contribution in [3.05, 3.63) is 71.0 Å². The van der Waals surface area contributed by atoms with Gasteiger partial charge in [-0.25, -0.2) is 4.39 Å². The molecule has 0 saturated carbocycles. The Balaban J connectivity index is 1.50. The first-order chi connectivity index (χ1) is 13.0. The summed E-state index contributed by atoms with van der Waals surface area (Å²) >= 11 is 5.74. The van der Waals surface area contributed by atoms with Gasteiger partial charge in [0.2, 0.25) is 11.8 Å². The molecule has 3 rings (SSSR count). The zero-order valence-electron chi connectivity index (χ0n) is 14.7. The number of nitrogens with one attached hydrogen (secondary N) is 1. The first-order valence-corrected chi connectivity index (χ1v) is 9.18. The lowest BCUT2D eigenvalue weighted by Crippen LogP contribution is -2.40. The van der Waals surface area contributed by atoms with Gasteiger partial charge >= 0.3 is 0 Å². The summed E-state index contributed by atoms with van der Waals surface area (Å²) < 4.78 is 13.2. The highest BCUT2D eigenvalue weighted by Gasteiger charge is 2.26. The van der Waals surface area contributed by atoms with Crippen LogP contribution in [0.4, 0.5) is 10.1 Å². The fourth-order valence-corrected chi connectivity index (χ4v) is 3.21. The summed E-state index contributed by atoms with van der Waals surface area (Å²) in [6.45, 7) is 1.06. The van der Waals surface area contributed by atoms with Gasteiger partial charge in [0.25, 0.3) is 0 Å². The lowest BCUT2D eigenvalue weighted by Gasteiger charge is -2.30. The standard InChI is InChI=1S/C21H20ClFN2O2/c22-18-14-15(6-8-19(18)23)7-9-20(26)25-12-10-16(11-13-25)21(27)24-17-4-2-1-3-5-17/h1-9,14,16H,10-13H2,(H,24,27). The van der Waals surface area contributed by atoms with Gasteiger partial charge in [-0.3, -0.25) is 9.59 Å². The van der Waals surface area contributed by atoms with E-state index in [9.17, 15) is 14.0 Å². The van der Waals surface area contributed by atoms with Crippen LogP contribution >= 0.6 is 11.6 Å². The monoisotopic (exact) mass is 386 g/mol. The molecule has 4 nitrogen and oxygen atoms in total. The van der Waals surface area contributed by atoms with Crippen molar-refractivity contribution < 1.29 is 14.0 Å². The van der Waals surface area contributed by atoms with Crippen LogP contribution in [0.2, 0.25) is 5.02 Å². The quantitative estimate of drug-likeness (QED) is 0.793. The van der Waals surface area contributed by atoms with Crippen LogP contribution in [0.1, 0.15) is 18.4 Å². The number of benzene rings is 2. The molecule has 0 unspecified atom stereocenters. The summed E-state index contributed by atoms with van der Waals surface area (Å²) in [5.41, 5.74) is 1.44. The van der Waals surface area contributed by atoms with Crippen LogP contribution in [0, 0.1) is 11.7 Å². The Morgan fingerprint density at radius 2 is 1.81 bits per heavy atom. The summed E-state index contributed by atoms with van der Waals surface area (Å²) in [6, 6.07) is 13.6. The Labute approximate surface area is 162 Å². The third kappa shape index (κ3) is 5.17. The molecule has 0 radical (unpaired) electrons. The van der Waals surface area contributed by atoms with Crippen LogP contribution in [0.25, 0.3) is 6.08 Å². The van der Waals surface area contributed by atoms with Gasteiger partial charge in [0.05, 0.1) is 5.02 Å². The van der Waals surface area contributed by atoms with Crippen LogP contribution in [-0.4, -0.2) is 29.8 Å². The van der Waals surface area contributed by atoms with Crippen LogP contribution in [0.5, 0.6) is 0 Å². The molecule has 0 atom stereocenters. The molecule has 2 amide bonds. The predicted octanol–water partition coefficient (Wildman–Crippen LogP) is 4.37. The van der Waals surface area contributed by atoms with Crippen molar-refractivity contribution in [2.24, 2.45) is 5.92 Å². The number of anilines is 1. The number of piperidine rings is 1. The number of carbonyl (C=O) groups is 2. The fourth-order valence-electron chi connectivity index (χ4n) is 3.02. The van der Waals surface area contributed by atoms with Crippen LogP contribution in [0.3, 0.4) is 0 Å². The summed E-state index contributed by atoms with van der Waals surface area (Å²) in [4.78, 5) is 26.4. The van der Waals surface area contributed by atoms with Crippen LogP contribution < -0.4 is 5.32 Å². The van der Waals surface area contributed by atoms with Crippen molar-refractivity contribution in [3.8, 4) is 0 Å². The molecular formula is C21H20ClFN2O2. The van der Waals surface area contributed by atoms with Gasteiger partial charge in [0.15, 0.2) is 0 Å². The van der Waals surface area contributed by atoms with Gasteiger partial charge in [-0.1, -0.05) is 35.9 Å². The molecule has 1 fully saturated rings. The minimum absolute atomic E-state index is 0.00945. The molecule has 0 spiro atoms. The molecule has 27 heavy (non-hydrogen) atoms. The summed E-state index contributed by atoms with van der Waals surface area (Å²) in [7, 11) is 0. The number of halogens is 2. The number of hydrogen-bond acceptors (Lipinski definition) is 2. The SMILES string of the molecule is O=C(Nc1ccccc1)C1CCN(C(=O)C=Cc2ccc(F)c(Cl)c2)CC1. The molecule has 1 aliphatic heterocycles. The Morgan fingerprint density at radius 3 is 2.48 bits per heavy atom. The summed E-state index contributed by atoms with van der Waals surface area (Å²) in [5.74, 6) is -0.729. The number of carbonyl (C=O) groups excluding carboxylic acids is 2. The Morgan fingerprint density at radius 1 is 1.11 bits per heavy atom. The number of rotatable bonds is 4. The Hall–Kier alpha value is -2.66. The van der Waals surface area contributed by atoms with Gasteiger partial charge < -0.3 is 10.2 Å². The number of likely N-dealkylation sites (tertiary alicyclic amines) is 1. The molecule has 2 aromatic carbocycles. The maximum Gasteiger partial charge on any atom is 0.246 e.